The summed E-state index contributed by atoms with van der Waals surface area (Å²) in [5, 5.41) is 18.3. The Morgan fingerprint density at radius 3 is 2.53 bits per heavy atom. The number of anilines is 3. The Balaban J connectivity index is 1.10. The van der Waals surface area contributed by atoms with Gasteiger partial charge in [0, 0.05) is 63.1 Å². The molecule has 296 valence electrons. The number of aromatic nitrogens is 7. The SMILES string of the molecule is CO[C@H]1CN(C)C(=O)[C@@H]2C[C@@H](CN2c2nc(N3[C@@H]4CC(C#N)C[C@H]3C4)nc3c2cnn3-c2ccc(F)cc2F)Nc2cccc(n2)-c2cc(F)cc3nc(C)n(c23)C1. The van der Waals surface area contributed by atoms with Crippen LogP contribution >= 0.6 is 0 Å². The predicted octanol–water partition coefficient (Wildman–Crippen LogP) is 5.38. The number of nitriles is 1. The maximum absolute atomic E-state index is 15.4. The first kappa shape index (κ1) is 36.1. The average Bonchev–Trinajstić information content (AvgIpc) is 3.91. The highest BCUT2D eigenvalue weighted by Crippen LogP contribution is 2.45. The van der Waals surface area contributed by atoms with Crippen molar-refractivity contribution in [2.45, 2.75) is 69.4 Å². The number of hydrogen-bond acceptors (Lipinski definition) is 11. The fourth-order valence-corrected chi connectivity index (χ4v) is 9.46. The van der Waals surface area contributed by atoms with E-state index in [-0.39, 0.29) is 42.2 Å². The van der Waals surface area contributed by atoms with Crippen LogP contribution in [0.5, 0.6) is 0 Å². The molecule has 8 heterocycles. The van der Waals surface area contributed by atoms with Gasteiger partial charge in [-0.25, -0.2) is 27.8 Å². The van der Waals surface area contributed by atoms with Gasteiger partial charge in [0.1, 0.15) is 40.8 Å². The summed E-state index contributed by atoms with van der Waals surface area (Å²) in [6.07, 6.45) is 3.71. The summed E-state index contributed by atoms with van der Waals surface area (Å²) in [6.45, 7) is 2.76. The molecule has 1 N–H and O–H groups in total. The topological polar surface area (TPSA) is 146 Å². The molecule has 0 aliphatic carbocycles. The molecule has 0 radical (unpaired) electrons. The third-order valence-electron chi connectivity index (χ3n) is 12.2. The molecule has 1 unspecified atom stereocenters. The molecule has 4 aromatic heterocycles. The largest absolute Gasteiger partial charge is 0.378 e. The van der Waals surface area contributed by atoms with Crippen LogP contribution in [0.3, 0.4) is 0 Å². The molecule has 6 bridgehead atoms. The lowest BCUT2D eigenvalue weighted by Crippen LogP contribution is -2.61. The fraction of sp³-hybridized carbons (Fsp3) is 0.390. The van der Waals surface area contributed by atoms with E-state index >= 15 is 8.78 Å². The van der Waals surface area contributed by atoms with Crippen LogP contribution in [0.1, 0.15) is 31.5 Å². The summed E-state index contributed by atoms with van der Waals surface area (Å²) in [4.78, 5) is 40.3. The van der Waals surface area contributed by atoms with Crippen LogP contribution in [-0.4, -0.2) is 103 Å². The van der Waals surface area contributed by atoms with Crippen molar-refractivity contribution in [3.05, 3.63) is 78.0 Å². The van der Waals surface area contributed by atoms with Gasteiger partial charge in [-0.15, -0.1) is 0 Å². The van der Waals surface area contributed by atoms with Gasteiger partial charge in [-0.1, -0.05) is 6.07 Å². The van der Waals surface area contributed by atoms with Crippen LogP contribution in [0, 0.1) is 41.6 Å². The van der Waals surface area contributed by atoms with E-state index < -0.39 is 29.6 Å². The number of carbonyl (C=O) groups is 1. The average molecular weight is 789 g/mol. The van der Waals surface area contributed by atoms with E-state index in [1.165, 1.54) is 28.9 Å². The molecule has 6 aromatic rings. The van der Waals surface area contributed by atoms with E-state index in [4.69, 9.17) is 19.7 Å². The van der Waals surface area contributed by atoms with Crippen LogP contribution in [0.2, 0.25) is 0 Å². The number of benzene rings is 2. The summed E-state index contributed by atoms with van der Waals surface area (Å²) < 4.78 is 53.9. The van der Waals surface area contributed by atoms with Crippen molar-refractivity contribution >= 4 is 45.6 Å². The number of nitrogens with zero attached hydrogens (tertiary/aromatic N) is 11. The van der Waals surface area contributed by atoms with Crippen LogP contribution in [0.15, 0.2) is 54.7 Å². The van der Waals surface area contributed by atoms with Crippen molar-refractivity contribution in [3.63, 3.8) is 0 Å². The Hall–Kier alpha value is -6.28. The maximum atomic E-state index is 15.4. The molecule has 0 spiro atoms. The highest BCUT2D eigenvalue weighted by Gasteiger charge is 2.48. The number of carbonyl (C=O) groups excluding carboxylic acids is 1. The lowest BCUT2D eigenvalue weighted by atomic mass is 9.74. The number of rotatable bonds is 4. The van der Waals surface area contributed by atoms with Gasteiger partial charge in [0.05, 0.1) is 52.9 Å². The molecular formula is C41H39F3N12O2. The van der Waals surface area contributed by atoms with Gasteiger partial charge in [-0.05, 0) is 62.9 Å². The molecule has 4 aliphatic heterocycles. The number of piperidine rings is 1. The van der Waals surface area contributed by atoms with E-state index in [0.717, 1.165) is 18.0 Å². The van der Waals surface area contributed by atoms with Crippen LogP contribution in [-0.2, 0) is 16.1 Å². The van der Waals surface area contributed by atoms with E-state index in [0.29, 0.717) is 83.6 Å². The molecular weight excluding hydrogens is 750 g/mol. The van der Waals surface area contributed by atoms with Gasteiger partial charge in [-0.3, -0.25) is 4.79 Å². The summed E-state index contributed by atoms with van der Waals surface area (Å²) in [6, 6.07) is 13.2. The number of hydrogen-bond donors (Lipinski definition) is 1. The van der Waals surface area contributed by atoms with Gasteiger partial charge >= 0.3 is 0 Å². The van der Waals surface area contributed by atoms with Crippen molar-refractivity contribution in [1.82, 2.24) is 39.2 Å². The number of aryl methyl sites for hydroxylation is 1. The number of imidazole rings is 1. The summed E-state index contributed by atoms with van der Waals surface area (Å²) in [5.74, 6) is -0.142. The smallest absolute Gasteiger partial charge is 0.245 e. The number of ether oxygens (including phenoxy) is 1. The Kier molecular flexibility index (Phi) is 8.51. The number of amides is 1. The van der Waals surface area contributed by atoms with E-state index in [9.17, 15) is 14.4 Å². The maximum Gasteiger partial charge on any atom is 0.245 e. The molecule has 58 heavy (non-hydrogen) atoms. The van der Waals surface area contributed by atoms with Gasteiger partial charge in [-0.2, -0.15) is 20.3 Å². The summed E-state index contributed by atoms with van der Waals surface area (Å²) in [7, 11) is 3.35. The molecule has 10 rings (SSSR count). The highest BCUT2D eigenvalue weighted by molar-refractivity contribution is 5.94. The first-order valence-electron chi connectivity index (χ1n) is 19.4. The van der Waals surface area contributed by atoms with Crippen molar-refractivity contribution in [3.8, 4) is 23.0 Å². The standard InChI is InChI=1S/C41H39F3N12O2/c1-21-47-33-13-24(43)11-29-32-5-4-6-36(49-32)48-25-14-35(40(57)52(2)19-28(58-3)20-53(21)37(29)33)54(18-25)38-30-17-46-56(34-8-7-23(42)12-31(34)44)39(30)51-41(50-38)55-26-9-22(16-45)10-27(55)15-26/h4-8,11-13,17,22,25-28,35H,9-10,14-15,18-20H2,1-3H3,(H,48,49)/t22?,25-,26-,27+,28-,35-/m0/s1. The van der Waals surface area contributed by atoms with Gasteiger partial charge in [0.25, 0.3) is 0 Å². The summed E-state index contributed by atoms with van der Waals surface area (Å²) in [5.41, 5.74) is 2.67. The molecule has 3 saturated heterocycles. The number of fused-ring (bicyclic) bond motifs is 8. The lowest BCUT2D eigenvalue weighted by molar-refractivity contribution is -0.132. The van der Waals surface area contributed by atoms with Gasteiger partial charge < -0.3 is 29.3 Å². The lowest BCUT2D eigenvalue weighted by Gasteiger charge is -2.54. The zero-order chi connectivity index (χ0) is 40.0. The van der Waals surface area contributed by atoms with Crippen LogP contribution in [0.4, 0.5) is 30.8 Å². The molecule has 4 aliphatic rings. The zero-order valence-corrected chi connectivity index (χ0v) is 32.0. The number of methoxy groups -OCH3 is 1. The zero-order valence-electron chi connectivity index (χ0n) is 32.0. The Morgan fingerprint density at radius 2 is 1.76 bits per heavy atom. The molecule has 0 saturated carbocycles. The molecule has 1 amide bonds. The first-order chi connectivity index (χ1) is 28.1. The number of likely N-dealkylation sites (N-methyl/N-ethyl adjacent to an activating group) is 1. The monoisotopic (exact) mass is 788 g/mol. The predicted molar refractivity (Wildman–Crippen MR) is 209 cm³/mol. The Labute approximate surface area is 330 Å². The van der Waals surface area contributed by atoms with Crippen molar-refractivity contribution in [1.29, 1.82) is 5.26 Å². The Bertz CT molecular complexity index is 2660. The van der Waals surface area contributed by atoms with Crippen LogP contribution in [0.25, 0.3) is 39.0 Å². The molecule has 6 atom stereocenters. The second kappa shape index (κ2) is 13.7. The molecule has 3 fully saturated rings. The highest BCUT2D eigenvalue weighted by atomic mass is 19.1. The summed E-state index contributed by atoms with van der Waals surface area (Å²) >= 11 is 0. The number of nitrogens with one attached hydrogen (secondary N) is 1. The number of pyridine rings is 1. The van der Waals surface area contributed by atoms with Crippen molar-refractivity contribution in [2.24, 2.45) is 5.92 Å². The fourth-order valence-electron chi connectivity index (χ4n) is 9.46. The first-order valence-corrected chi connectivity index (χ1v) is 19.4. The van der Waals surface area contributed by atoms with E-state index in [1.807, 2.05) is 34.6 Å². The molecule has 17 heteroatoms. The third kappa shape index (κ3) is 5.88. The molecule has 14 nitrogen and oxygen atoms in total. The second-order valence-corrected chi connectivity index (χ2v) is 15.8. The third-order valence-corrected chi connectivity index (χ3v) is 12.2. The minimum atomic E-state index is -0.808. The van der Waals surface area contributed by atoms with E-state index in [1.54, 1.807) is 25.3 Å². The number of halogens is 3. The normalized spacial score (nSPS) is 24.4. The minimum Gasteiger partial charge on any atom is -0.378 e. The van der Waals surface area contributed by atoms with Gasteiger partial charge in [0.15, 0.2) is 11.5 Å². The minimum absolute atomic E-state index is 0.0125. The quantitative estimate of drug-likeness (QED) is 0.246. The van der Waals surface area contributed by atoms with E-state index in [2.05, 4.69) is 26.4 Å². The second-order valence-electron chi connectivity index (χ2n) is 15.8. The van der Waals surface area contributed by atoms with Gasteiger partial charge in [0.2, 0.25) is 11.9 Å². The van der Waals surface area contributed by atoms with Crippen molar-refractivity contribution in [2.75, 3.05) is 42.4 Å². The Morgan fingerprint density at radius 1 is 0.931 bits per heavy atom. The molecule has 2 aromatic carbocycles. The van der Waals surface area contributed by atoms with Crippen LogP contribution < -0.4 is 15.1 Å². The van der Waals surface area contributed by atoms with Crippen molar-refractivity contribution < 1.29 is 22.7 Å².